The van der Waals surface area contributed by atoms with E-state index in [1.807, 2.05) is 21.1 Å². The number of carbonyl (C=O) groups excluding carboxylic acids is 1. The van der Waals surface area contributed by atoms with Gasteiger partial charge in [-0.2, -0.15) is 0 Å². The van der Waals surface area contributed by atoms with Gasteiger partial charge in [-0.1, -0.05) is 198 Å². The molecule has 0 aliphatic carbocycles. The lowest BCUT2D eigenvalue weighted by atomic mass is 10.0. The summed E-state index contributed by atoms with van der Waals surface area (Å²) in [6.07, 6.45) is 50.2. The van der Waals surface area contributed by atoms with Crippen molar-refractivity contribution in [3.63, 3.8) is 0 Å². The predicted octanol–water partition coefficient (Wildman–Crippen LogP) is 13.9. The Bertz CT molecular complexity index is 1040. The van der Waals surface area contributed by atoms with Crippen LogP contribution < -0.4 is 5.32 Å². The maximum absolute atomic E-state index is 12.9. The molecule has 0 saturated heterocycles. The molecular formula is C49H96N2O6P+. The molecule has 0 radical (unpaired) electrons. The molecule has 0 aromatic heterocycles. The zero-order valence-electron chi connectivity index (χ0n) is 38.8. The Morgan fingerprint density at radius 2 is 0.983 bits per heavy atom. The molecule has 0 aromatic rings. The van der Waals surface area contributed by atoms with E-state index in [-0.39, 0.29) is 19.1 Å². The Balaban J connectivity index is 4.33. The van der Waals surface area contributed by atoms with Crippen LogP contribution in [0.3, 0.4) is 0 Å². The Kier molecular flexibility index (Phi) is 40.2. The van der Waals surface area contributed by atoms with E-state index in [0.29, 0.717) is 23.9 Å². The van der Waals surface area contributed by atoms with E-state index in [0.717, 1.165) is 64.2 Å². The van der Waals surface area contributed by atoms with Crippen LogP contribution in [0.15, 0.2) is 36.5 Å². The second-order valence-corrected chi connectivity index (χ2v) is 19.3. The van der Waals surface area contributed by atoms with Crippen molar-refractivity contribution in [3.05, 3.63) is 36.5 Å². The van der Waals surface area contributed by atoms with Gasteiger partial charge in [-0.15, -0.1) is 0 Å². The van der Waals surface area contributed by atoms with E-state index < -0.39 is 20.0 Å². The van der Waals surface area contributed by atoms with Gasteiger partial charge in [-0.25, -0.2) is 4.57 Å². The van der Waals surface area contributed by atoms with E-state index in [4.69, 9.17) is 9.05 Å². The molecule has 3 unspecified atom stereocenters. The van der Waals surface area contributed by atoms with Gasteiger partial charge in [-0.3, -0.25) is 13.8 Å². The summed E-state index contributed by atoms with van der Waals surface area (Å²) in [5, 5.41) is 14.0. The highest BCUT2D eigenvalue weighted by Gasteiger charge is 2.28. The van der Waals surface area contributed by atoms with Crippen LogP contribution in [0.5, 0.6) is 0 Å². The second-order valence-electron chi connectivity index (χ2n) is 17.8. The Morgan fingerprint density at radius 3 is 1.43 bits per heavy atom. The Labute approximate surface area is 359 Å². The van der Waals surface area contributed by atoms with E-state index in [1.165, 1.54) is 128 Å². The molecule has 58 heavy (non-hydrogen) atoms. The van der Waals surface area contributed by atoms with Crippen molar-refractivity contribution in [2.45, 2.75) is 231 Å². The zero-order valence-corrected chi connectivity index (χ0v) is 39.7. The van der Waals surface area contributed by atoms with Crippen LogP contribution in [0.1, 0.15) is 219 Å². The molecule has 0 heterocycles. The SMILES string of the molecule is CCCCCCC/C=C\C/C=C\C/C=C\CCCCCCCCC(=O)NC(COP(=O)(O)OCC[N+](C)(C)C)C(O)CCCCCCCCCCCCCCCCC. The van der Waals surface area contributed by atoms with Crippen LogP contribution in [0, 0.1) is 0 Å². The highest BCUT2D eigenvalue weighted by molar-refractivity contribution is 7.47. The number of quaternary nitrogens is 1. The van der Waals surface area contributed by atoms with Crippen LogP contribution in [0.4, 0.5) is 0 Å². The number of aliphatic hydroxyl groups excluding tert-OH is 1. The largest absolute Gasteiger partial charge is 0.472 e. The molecule has 3 atom stereocenters. The minimum Gasteiger partial charge on any atom is -0.391 e. The molecule has 0 spiro atoms. The van der Waals surface area contributed by atoms with Crippen LogP contribution >= 0.6 is 7.82 Å². The summed E-state index contributed by atoms with van der Waals surface area (Å²) in [6, 6.07) is -0.767. The maximum Gasteiger partial charge on any atom is 0.472 e. The van der Waals surface area contributed by atoms with Crippen molar-refractivity contribution in [1.82, 2.24) is 5.32 Å². The lowest BCUT2D eigenvalue weighted by molar-refractivity contribution is -0.870. The fourth-order valence-electron chi connectivity index (χ4n) is 6.99. The third-order valence-corrected chi connectivity index (χ3v) is 11.9. The number of phosphoric ester groups is 1. The van der Waals surface area contributed by atoms with E-state index in [9.17, 15) is 19.4 Å². The predicted molar refractivity (Wildman–Crippen MR) is 249 cm³/mol. The van der Waals surface area contributed by atoms with Gasteiger partial charge in [0.15, 0.2) is 0 Å². The number of nitrogens with one attached hydrogen (secondary N) is 1. The summed E-state index contributed by atoms with van der Waals surface area (Å²) in [5.74, 6) is -0.157. The number of hydrogen-bond donors (Lipinski definition) is 3. The number of nitrogens with zero attached hydrogens (tertiary/aromatic N) is 1. The first-order valence-electron chi connectivity index (χ1n) is 24.4. The summed E-state index contributed by atoms with van der Waals surface area (Å²) in [5.41, 5.74) is 0. The van der Waals surface area contributed by atoms with E-state index >= 15 is 0 Å². The van der Waals surface area contributed by atoms with Crippen molar-refractivity contribution >= 4 is 13.7 Å². The average Bonchev–Trinajstić information content (AvgIpc) is 3.17. The van der Waals surface area contributed by atoms with Gasteiger partial charge in [0.05, 0.1) is 39.9 Å². The van der Waals surface area contributed by atoms with Gasteiger partial charge in [0, 0.05) is 6.42 Å². The van der Waals surface area contributed by atoms with Crippen molar-refractivity contribution in [2.24, 2.45) is 0 Å². The molecule has 1 amide bonds. The van der Waals surface area contributed by atoms with Crippen LogP contribution in [-0.2, 0) is 18.4 Å². The number of allylic oxidation sites excluding steroid dienone is 6. The number of amides is 1. The first kappa shape index (κ1) is 56.7. The number of rotatable bonds is 44. The van der Waals surface area contributed by atoms with Gasteiger partial charge in [0.25, 0.3) is 0 Å². The zero-order chi connectivity index (χ0) is 42.8. The van der Waals surface area contributed by atoms with Crippen molar-refractivity contribution < 1.29 is 32.9 Å². The summed E-state index contributed by atoms with van der Waals surface area (Å²) < 4.78 is 23.7. The topological polar surface area (TPSA) is 105 Å². The van der Waals surface area contributed by atoms with Crippen molar-refractivity contribution in [2.75, 3.05) is 40.9 Å². The quantitative estimate of drug-likeness (QED) is 0.0244. The normalized spacial score (nSPS) is 14.5. The molecule has 0 rings (SSSR count). The lowest BCUT2D eigenvalue weighted by Gasteiger charge is -2.26. The third-order valence-electron chi connectivity index (χ3n) is 10.9. The summed E-state index contributed by atoms with van der Waals surface area (Å²) >= 11 is 0. The monoisotopic (exact) mass is 840 g/mol. The van der Waals surface area contributed by atoms with Crippen molar-refractivity contribution in [3.8, 4) is 0 Å². The molecule has 3 N–H and O–H groups in total. The summed E-state index contributed by atoms with van der Waals surface area (Å²) in [6.45, 7) is 4.87. The number of hydrogen-bond acceptors (Lipinski definition) is 5. The highest BCUT2D eigenvalue weighted by Crippen LogP contribution is 2.43. The number of likely N-dealkylation sites (N-methyl/N-ethyl adjacent to an activating group) is 1. The minimum atomic E-state index is -4.32. The van der Waals surface area contributed by atoms with Crippen molar-refractivity contribution in [1.29, 1.82) is 0 Å². The van der Waals surface area contributed by atoms with E-state index in [2.05, 4.69) is 55.6 Å². The molecule has 0 aliphatic heterocycles. The summed E-state index contributed by atoms with van der Waals surface area (Å²) in [7, 11) is 1.61. The number of aliphatic hydroxyl groups is 1. The Morgan fingerprint density at radius 1 is 0.586 bits per heavy atom. The molecule has 342 valence electrons. The van der Waals surface area contributed by atoms with Crippen LogP contribution in [0.2, 0.25) is 0 Å². The lowest BCUT2D eigenvalue weighted by Crippen LogP contribution is -2.46. The molecule has 0 aromatic carbocycles. The molecule has 0 fully saturated rings. The highest BCUT2D eigenvalue weighted by atomic mass is 31.2. The fourth-order valence-corrected chi connectivity index (χ4v) is 7.73. The van der Waals surface area contributed by atoms with Gasteiger partial charge in [0.1, 0.15) is 13.2 Å². The average molecular weight is 840 g/mol. The van der Waals surface area contributed by atoms with Gasteiger partial charge >= 0.3 is 7.82 Å². The first-order chi connectivity index (χ1) is 28.0. The number of unbranched alkanes of at least 4 members (excludes halogenated alkanes) is 25. The van der Waals surface area contributed by atoms with Gasteiger partial charge in [-0.05, 0) is 51.4 Å². The van der Waals surface area contributed by atoms with Gasteiger partial charge in [0.2, 0.25) is 5.91 Å². The molecular weight excluding hydrogens is 744 g/mol. The minimum absolute atomic E-state index is 0.0714. The fraction of sp³-hybridized carbons (Fsp3) is 0.857. The smallest absolute Gasteiger partial charge is 0.391 e. The Hall–Kier alpha value is -1.28. The van der Waals surface area contributed by atoms with Gasteiger partial charge < -0.3 is 19.8 Å². The number of phosphoric acid groups is 1. The molecule has 0 saturated carbocycles. The molecule has 9 heteroatoms. The molecule has 0 aliphatic rings. The number of carbonyl (C=O) groups is 1. The first-order valence-corrected chi connectivity index (χ1v) is 25.8. The van der Waals surface area contributed by atoms with E-state index in [1.54, 1.807) is 0 Å². The summed E-state index contributed by atoms with van der Waals surface area (Å²) in [4.78, 5) is 23.2. The second kappa shape index (κ2) is 41.1. The van der Waals surface area contributed by atoms with Crippen LogP contribution in [-0.4, -0.2) is 73.4 Å². The standard InChI is InChI=1S/C49H95N2O6P/c1-6-8-10-12-14-16-18-20-22-23-24-25-26-27-29-31-33-35-37-39-41-43-49(53)50-47(46-57-58(54,55)56-45-44-51(3,4)5)48(52)42-40-38-36-34-32-30-28-21-19-17-15-13-11-9-7-2/h18,20,23-24,26-27,47-48,52H,6-17,19,21-22,25,28-46H2,1-5H3,(H-,50,53,54,55)/p+1/b20-18-,24-23-,27-26-. The van der Waals surface area contributed by atoms with Crippen LogP contribution in [0.25, 0.3) is 0 Å². The molecule has 8 nitrogen and oxygen atoms in total. The molecule has 0 bridgehead atoms. The third kappa shape index (κ3) is 42.8. The maximum atomic E-state index is 12.9.